The van der Waals surface area contributed by atoms with E-state index in [2.05, 4.69) is 5.32 Å². The number of nitrogens with one attached hydrogen (secondary N) is 1. The van der Waals surface area contributed by atoms with Crippen LogP contribution in [0.25, 0.3) is 0 Å². The molecule has 0 aromatic rings. The second kappa shape index (κ2) is 3.96. The number of carbonyl (C=O) groups is 1. The number of hydrogen-bond acceptors (Lipinski definition) is 3. The van der Waals surface area contributed by atoms with Crippen LogP contribution in [0, 0.1) is 5.92 Å². The van der Waals surface area contributed by atoms with Gasteiger partial charge in [-0.2, -0.15) is 0 Å². The number of allylic oxidation sites excluding steroid dienone is 2. The summed E-state index contributed by atoms with van der Waals surface area (Å²) >= 11 is 0. The van der Waals surface area contributed by atoms with Crippen molar-refractivity contribution in [3.63, 3.8) is 0 Å². The Kier molecular flexibility index (Phi) is 2.66. The lowest BCUT2D eigenvalue weighted by Crippen LogP contribution is -2.33. The zero-order valence-corrected chi connectivity index (χ0v) is 8.82. The van der Waals surface area contributed by atoms with E-state index in [9.17, 15) is 4.79 Å². The van der Waals surface area contributed by atoms with Crippen molar-refractivity contribution in [2.75, 3.05) is 7.11 Å². The van der Waals surface area contributed by atoms with Crippen LogP contribution < -0.4 is 11.1 Å². The first-order valence-electron chi connectivity index (χ1n) is 5.22. The molecule has 1 saturated carbocycles. The highest BCUT2D eigenvalue weighted by Gasteiger charge is 2.28. The molecule has 3 N–H and O–H groups in total. The van der Waals surface area contributed by atoms with Crippen molar-refractivity contribution in [3.8, 4) is 0 Å². The summed E-state index contributed by atoms with van der Waals surface area (Å²) in [5, 5.41) is 2.97. The van der Waals surface area contributed by atoms with Crippen molar-refractivity contribution in [1.82, 2.24) is 5.32 Å². The Hall–Kier alpha value is -1.45. The Bertz CT molecular complexity index is 329. The van der Waals surface area contributed by atoms with Crippen molar-refractivity contribution < 1.29 is 9.53 Å². The van der Waals surface area contributed by atoms with E-state index in [0.29, 0.717) is 23.9 Å². The van der Waals surface area contributed by atoms with Crippen molar-refractivity contribution in [3.05, 3.63) is 23.6 Å². The van der Waals surface area contributed by atoms with Gasteiger partial charge in [0.25, 0.3) is 0 Å². The normalized spacial score (nSPS) is 25.3. The van der Waals surface area contributed by atoms with E-state index in [-0.39, 0.29) is 11.8 Å². The number of rotatable bonds is 3. The maximum atomic E-state index is 11.7. The maximum absolute atomic E-state index is 11.7. The molecule has 4 heteroatoms. The summed E-state index contributed by atoms with van der Waals surface area (Å²) in [5.41, 5.74) is 6.32. The van der Waals surface area contributed by atoms with Crippen molar-refractivity contribution >= 4 is 5.91 Å². The third-order valence-corrected chi connectivity index (χ3v) is 2.74. The van der Waals surface area contributed by atoms with Crippen molar-refractivity contribution in [2.45, 2.75) is 25.3 Å². The molecule has 1 unspecified atom stereocenters. The second-order valence-corrected chi connectivity index (χ2v) is 4.04. The fraction of sp³-hybridized carbons (Fsp3) is 0.545. The summed E-state index contributed by atoms with van der Waals surface area (Å²) in [6, 6.07) is 0.403. The van der Waals surface area contributed by atoms with Gasteiger partial charge in [0.05, 0.1) is 18.7 Å². The van der Waals surface area contributed by atoms with Crippen LogP contribution in [-0.4, -0.2) is 19.1 Å². The van der Waals surface area contributed by atoms with Gasteiger partial charge in [0.15, 0.2) is 0 Å². The largest absolute Gasteiger partial charge is 0.499 e. The minimum Gasteiger partial charge on any atom is -0.499 e. The Morgan fingerprint density at radius 2 is 2.33 bits per heavy atom. The van der Waals surface area contributed by atoms with Crippen LogP contribution >= 0.6 is 0 Å². The topological polar surface area (TPSA) is 64.3 Å². The minimum atomic E-state index is -0.132. The van der Waals surface area contributed by atoms with Crippen molar-refractivity contribution in [1.29, 1.82) is 0 Å². The van der Waals surface area contributed by atoms with E-state index in [1.165, 1.54) is 0 Å². The molecule has 0 spiro atoms. The van der Waals surface area contributed by atoms with E-state index in [1.807, 2.05) is 6.08 Å². The van der Waals surface area contributed by atoms with E-state index < -0.39 is 0 Å². The van der Waals surface area contributed by atoms with Crippen LogP contribution in [0.1, 0.15) is 19.3 Å². The molecular weight excluding hydrogens is 192 g/mol. The van der Waals surface area contributed by atoms with Crippen LogP contribution in [0.2, 0.25) is 0 Å². The molecule has 82 valence electrons. The Morgan fingerprint density at radius 3 is 2.93 bits per heavy atom. The standard InChI is InChI=1S/C11H16N2O2/c1-15-10-6-7(2-5-9(10)12)11(14)13-8-3-4-8/h2,5,7-8H,3-4,6,12H2,1H3,(H,13,14). The molecule has 1 amide bonds. The molecule has 1 fully saturated rings. The molecule has 0 aliphatic heterocycles. The van der Waals surface area contributed by atoms with Crippen molar-refractivity contribution in [2.24, 2.45) is 11.7 Å². The van der Waals surface area contributed by atoms with Gasteiger partial charge >= 0.3 is 0 Å². The van der Waals surface area contributed by atoms with Gasteiger partial charge in [0, 0.05) is 12.5 Å². The zero-order chi connectivity index (χ0) is 10.8. The molecule has 15 heavy (non-hydrogen) atoms. The van der Waals surface area contributed by atoms with E-state index >= 15 is 0 Å². The quantitative estimate of drug-likeness (QED) is 0.716. The first-order valence-corrected chi connectivity index (χ1v) is 5.22. The predicted octanol–water partition coefficient (Wildman–Crippen LogP) is 0.658. The predicted molar refractivity (Wildman–Crippen MR) is 56.6 cm³/mol. The van der Waals surface area contributed by atoms with E-state index in [1.54, 1.807) is 13.2 Å². The maximum Gasteiger partial charge on any atom is 0.227 e. The van der Waals surface area contributed by atoms with Gasteiger partial charge in [-0.1, -0.05) is 6.08 Å². The van der Waals surface area contributed by atoms with Crippen LogP contribution in [0.15, 0.2) is 23.6 Å². The number of hydrogen-bond donors (Lipinski definition) is 2. The van der Waals surface area contributed by atoms with Gasteiger partial charge in [-0.15, -0.1) is 0 Å². The van der Waals surface area contributed by atoms with Gasteiger partial charge in [-0.05, 0) is 18.9 Å². The number of methoxy groups -OCH3 is 1. The average molecular weight is 208 g/mol. The zero-order valence-electron chi connectivity index (χ0n) is 8.82. The lowest BCUT2D eigenvalue weighted by Gasteiger charge is -2.19. The lowest BCUT2D eigenvalue weighted by atomic mass is 9.97. The molecule has 0 heterocycles. The summed E-state index contributed by atoms with van der Waals surface area (Å²) in [7, 11) is 1.58. The van der Waals surface area contributed by atoms with Gasteiger partial charge in [0.2, 0.25) is 5.91 Å². The molecule has 0 bridgehead atoms. The molecule has 0 aromatic carbocycles. The molecule has 0 radical (unpaired) electrons. The highest BCUT2D eigenvalue weighted by Crippen LogP contribution is 2.24. The van der Waals surface area contributed by atoms with Gasteiger partial charge in [0.1, 0.15) is 5.76 Å². The fourth-order valence-corrected chi connectivity index (χ4v) is 1.62. The van der Waals surface area contributed by atoms with Crippen LogP contribution in [0.3, 0.4) is 0 Å². The molecule has 0 saturated heterocycles. The first-order chi connectivity index (χ1) is 7.20. The molecule has 1 atom stereocenters. The van der Waals surface area contributed by atoms with Gasteiger partial charge in [-0.25, -0.2) is 0 Å². The van der Waals surface area contributed by atoms with Gasteiger partial charge in [-0.3, -0.25) is 4.79 Å². The number of carbonyl (C=O) groups excluding carboxylic acids is 1. The van der Waals surface area contributed by atoms with Crippen LogP contribution in [0.5, 0.6) is 0 Å². The fourth-order valence-electron chi connectivity index (χ4n) is 1.62. The summed E-state index contributed by atoms with van der Waals surface area (Å²) in [4.78, 5) is 11.7. The smallest absolute Gasteiger partial charge is 0.227 e. The SMILES string of the molecule is COC1=C(N)C=CC(C(=O)NC2CC2)C1. The van der Waals surface area contributed by atoms with E-state index in [4.69, 9.17) is 10.5 Å². The molecule has 2 aliphatic rings. The number of nitrogens with two attached hydrogens (primary N) is 1. The highest BCUT2D eigenvalue weighted by atomic mass is 16.5. The van der Waals surface area contributed by atoms with E-state index in [0.717, 1.165) is 12.8 Å². The second-order valence-electron chi connectivity index (χ2n) is 4.04. The molecule has 2 aliphatic carbocycles. The summed E-state index contributed by atoms with van der Waals surface area (Å²) in [6.07, 6.45) is 6.38. The summed E-state index contributed by atoms with van der Waals surface area (Å²) in [5.74, 6) is 0.650. The molecule has 4 nitrogen and oxygen atoms in total. The summed E-state index contributed by atoms with van der Waals surface area (Å²) in [6.45, 7) is 0. The molecule has 2 rings (SSSR count). The van der Waals surface area contributed by atoms with Crippen LogP contribution in [-0.2, 0) is 9.53 Å². The lowest BCUT2D eigenvalue weighted by molar-refractivity contribution is -0.123. The summed E-state index contributed by atoms with van der Waals surface area (Å²) < 4.78 is 5.13. The number of ether oxygens (including phenoxy) is 1. The molecule has 0 aromatic heterocycles. The first kappa shape index (κ1) is 10.1. The van der Waals surface area contributed by atoms with Gasteiger partial charge < -0.3 is 15.8 Å². The third-order valence-electron chi connectivity index (χ3n) is 2.74. The minimum absolute atomic E-state index is 0.0794. The monoisotopic (exact) mass is 208 g/mol. The molecular formula is C11H16N2O2. The Morgan fingerprint density at radius 1 is 1.60 bits per heavy atom. The Labute approximate surface area is 89.2 Å². The Balaban J connectivity index is 1.95. The van der Waals surface area contributed by atoms with Crippen LogP contribution in [0.4, 0.5) is 0 Å². The third kappa shape index (κ3) is 2.32. The number of amides is 1. The average Bonchev–Trinajstić information content (AvgIpc) is 3.02. The highest BCUT2D eigenvalue weighted by molar-refractivity contribution is 5.81.